The summed E-state index contributed by atoms with van der Waals surface area (Å²) in [6.07, 6.45) is 44.3. The van der Waals surface area contributed by atoms with Crippen LogP contribution in [-0.2, 0) is 19.1 Å². The average molecular weight is 775 g/mol. The van der Waals surface area contributed by atoms with E-state index in [1.165, 1.54) is 167 Å². The summed E-state index contributed by atoms with van der Waals surface area (Å²) in [5.74, 6) is -1.34. The lowest BCUT2D eigenvalue weighted by atomic mass is 10.00. The third-order valence-electron chi connectivity index (χ3n) is 11.0. The summed E-state index contributed by atoms with van der Waals surface area (Å²) in [6, 6.07) is 10.9. The van der Waals surface area contributed by atoms with Gasteiger partial charge in [0.25, 0.3) is 0 Å². The summed E-state index contributed by atoms with van der Waals surface area (Å²) < 4.78 is 11.5. The second kappa shape index (κ2) is 36.3. The summed E-state index contributed by atoms with van der Waals surface area (Å²) in [7, 11) is 0. The van der Waals surface area contributed by atoms with Crippen molar-refractivity contribution < 1.29 is 19.1 Å². The molecule has 0 aromatic carbocycles. The number of carbonyl (C=O) groups is 2. The van der Waals surface area contributed by atoms with E-state index in [1.54, 1.807) is 24.5 Å². The molecule has 0 saturated heterocycles. The summed E-state index contributed by atoms with van der Waals surface area (Å²) in [5.41, 5.74) is 1.19. The minimum Gasteiger partial charge on any atom is -0.462 e. The maximum atomic E-state index is 13.7. The number of hydrogen-bond acceptors (Lipinski definition) is 6. The molecule has 0 spiro atoms. The Bertz CT molecular complexity index is 1140. The highest BCUT2D eigenvalue weighted by atomic mass is 16.6. The van der Waals surface area contributed by atoms with Gasteiger partial charge in [-0.2, -0.15) is 0 Å². The number of aromatic nitrogens is 2. The van der Waals surface area contributed by atoms with Crippen molar-refractivity contribution in [1.29, 1.82) is 0 Å². The van der Waals surface area contributed by atoms with Crippen LogP contribution in [0.2, 0.25) is 0 Å². The average Bonchev–Trinajstić information content (AvgIpc) is 3.22. The van der Waals surface area contributed by atoms with Gasteiger partial charge in [0.2, 0.25) is 0 Å². The Kier molecular flexibility index (Phi) is 31.9. The Morgan fingerprint density at radius 3 is 0.911 bits per heavy atom. The number of ether oxygens (including phenoxy) is 2. The lowest BCUT2D eigenvalue weighted by Crippen LogP contribution is -2.22. The molecule has 6 nitrogen and oxygen atoms in total. The first kappa shape index (κ1) is 49.1. The molecule has 0 saturated carbocycles. The minimum atomic E-state index is -0.672. The SMILES string of the molecule is CCCCCCCCCCCCCCCCCCOC(=O)C(C(=O)OCCCCCCCCCCCCCCCCCC)=C(c1ccccn1)c1ccccn1. The van der Waals surface area contributed by atoms with Gasteiger partial charge in [0.05, 0.1) is 24.6 Å². The van der Waals surface area contributed by atoms with Gasteiger partial charge >= 0.3 is 11.9 Å². The second-order valence-corrected chi connectivity index (χ2v) is 16.1. The molecule has 2 aromatic heterocycles. The number of carbonyl (C=O) groups excluding carboxylic acids is 2. The second-order valence-electron chi connectivity index (χ2n) is 16.1. The molecule has 2 heterocycles. The predicted molar refractivity (Wildman–Crippen MR) is 236 cm³/mol. The van der Waals surface area contributed by atoms with E-state index >= 15 is 0 Å². The Hall–Kier alpha value is -3.02. The first-order valence-corrected chi connectivity index (χ1v) is 23.6. The monoisotopic (exact) mass is 775 g/mol. The number of nitrogens with zero attached hydrogens (tertiary/aromatic N) is 2. The van der Waals surface area contributed by atoms with Gasteiger partial charge in [0.15, 0.2) is 5.57 Å². The summed E-state index contributed by atoms with van der Waals surface area (Å²) >= 11 is 0. The Balaban J connectivity index is 1.72. The molecule has 0 aliphatic rings. The molecule has 0 radical (unpaired) electrons. The normalized spacial score (nSPS) is 11.1. The maximum Gasteiger partial charge on any atom is 0.346 e. The van der Waals surface area contributed by atoms with Gasteiger partial charge in [-0.3, -0.25) is 9.97 Å². The van der Waals surface area contributed by atoms with Gasteiger partial charge in [-0.15, -0.1) is 0 Å². The standard InChI is InChI=1S/C50H82N2O4/c1-3-5-7-9-11-13-15-17-19-21-23-25-27-29-31-37-43-55-49(53)48(47(45-39-33-35-41-51-45)46-40-34-36-42-52-46)50(54)56-44-38-32-30-28-26-24-22-20-18-16-14-12-10-8-6-4-2/h33-36,39-42H,3-32,37-38,43-44H2,1-2H3. The van der Waals surface area contributed by atoms with Crippen LogP contribution in [0.3, 0.4) is 0 Å². The number of pyridine rings is 2. The van der Waals surface area contributed by atoms with Gasteiger partial charge in [-0.25, -0.2) is 9.59 Å². The Morgan fingerprint density at radius 1 is 0.393 bits per heavy atom. The van der Waals surface area contributed by atoms with Crippen molar-refractivity contribution in [3.63, 3.8) is 0 Å². The largest absolute Gasteiger partial charge is 0.462 e. The Morgan fingerprint density at radius 2 is 0.661 bits per heavy atom. The zero-order valence-electron chi connectivity index (χ0n) is 36.2. The van der Waals surface area contributed by atoms with Crippen LogP contribution >= 0.6 is 0 Å². The summed E-state index contributed by atoms with van der Waals surface area (Å²) in [5, 5.41) is 0. The molecule has 0 N–H and O–H groups in total. The molecule has 0 unspecified atom stereocenters. The fourth-order valence-electron chi connectivity index (χ4n) is 7.47. The molecule has 56 heavy (non-hydrogen) atoms. The smallest absolute Gasteiger partial charge is 0.346 e. The quantitative estimate of drug-likeness (QED) is 0.0222. The molecule has 2 rings (SSSR count). The van der Waals surface area contributed by atoms with Crippen molar-refractivity contribution in [2.24, 2.45) is 0 Å². The van der Waals surface area contributed by atoms with Crippen molar-refractivity contribution in [3.05, 3.63) is 65.8 Å². The third-order valence-corrected chi connectivity index (χ3v) is 11.0. The van der Waals surface area contributed by atoms with Crippen molar-refractivity contribution in [1.82, 2.24) is 9.97 Å². The van der Waals surface area contributed by atoms with Crippen molar-refractivity contribution in [2.45, 2.75) is 219 Å². The molecule has 316 valence electrons. The molecule has 2 aromatic rings. The zero-order chi connectivity index (χ0) is 40.0. The molecular formula is C50H82N2O4. The fourth-order valence-corrected chi connectivity index (χ4v) is 7.47. The first-order valence-electron chi connectivity index (χ1n) is 23.6. The van der Waals surface area contributed by atoms with E-state index in [4.69, 9.17) is 9.47 Å². The Labute approximate surface area is 343 Å². The lowest BCUT2D eigenvalue weighted by molar-refractivity contribution is -0.147. The number of esters is 2. The molecule has 0 aliphatic carbocycles. The van der Waals surface area contributed by atoms with E-state index in [0.717, 1.165) is 38.5 Å². The zero-order valence-corrected chi connectivity index (χ0v) is 36.2. The van der Waals surface area contributed by atoms with Crippen LogP contribution in [-0.4, -0.2) is 35.1 Å². The minimum absolute atomic E-state index is 0.129. The van der Waals surface area contributed by atoms with Gasteiger partial charge in [0.1, 0.15) is 0 Å². The van der Waals surface area contributed by atoms with E-state index in [-0.39, 0.29) is 18.8 Å². The van der Waals surface area contributed by atoms with E-state index < -0.39 is 11.9 Å². The highest BCUT2D eigenvalue weighted by molar-refractivity contribution is 6.21. The van der Waals surface area contributed by atoms with Crippen LogP contribution in [0.1, 0.15) is 231 Å². The van der Waals surface area contributed by atoms with Crippen LogP contribution in [0, 0.1) is 0 Å². The topological polar surface area (TPSA) is 78.4 Å². The number of unbranched alkanes of at least 4 members (excludes halogenated alkanes) is 30. The van der Waals surface area contributed by atoms with Crippen molar-refractivity contribution in [2.75, 3.05) is 13.2 Å². The van der Waals surface area contributed by atoms with Gasteiger partial charge in [-0.1, -0.05) is 219 Å². The van der Waals surface area contributed by atoms with E-state index in [2.05, 4.69) is 23.8 Å². The van der Waals surface area contributed by atoms with E-state index in [1.807, 2.05) is 24.3 Å². The van der Waals surface area contributed by atoms with E-state index in [9.17, 15) is 9.59 Å². The summed E-state index contributed by atoms with van der Waals surface area (Å²) in [6.45, 7) is 5.09. The summed E-state index contributed by atoms with van der Waals surface area (Å²) in [4.78, 5) is 36.3. The molecule has 0 amide bonds. The van der Waals surface area contributed by atoms with Crippen molar-refractivity contribution >= 4 is 17.5 Å². The maximum absolute atomic E-state index is 13.7. The first-order chi connectivity index (χ1) is 27.7. The molecule has 6 heteroatoms. The van der Waals surface area contributed by atoms with Crippen molar-refractivity contribution in [3.8, 4) is 0 Å². The predicted octanol–water partition coefficient (Wildman–Crippen LogP) is 14.9. The van der Waals surface area contributed by atoms with Crippen LogP contribution in [0.25, 0.3) is 5.57 Å². The van der Waals surface area contributed by atoms with E-state index in [0.29, 0.717) is 17.0 Å². The number of hydrogen-bond donors (Lipinski definition) is 0. The van der Waals surface area contributed by atoms with Gasteiger partial charge in [-0.05, 0) is 37.1 Å². The third kappa shape index (κ3) is 25.3. The lowest BCUT2D eigenvalue weighted by Gasteiger charge is -2.14. The van der Waals surface area contributed by atoms with Crippen LogP contribution in [0.4, 0.5) is 0 Å². The molecular weight excluding hydrogens is 693 g/mol. The highest BCUT2D eigenvalue weighted by Crippen LogP contribution is 2.26. The molecule has 0 bridgehead atoms. The molecule has 0 atom stereocenters. The number of rotatable bonds is 38. The molecule has 0 aliphatic heterocycles. The van der Waals surface area contributed by atoms with Crippen LogP contribution in [0.5, 0.6) is 0 Å². The van der Waals surface area contributed by atoms with Gasteiger partial charge < -0.3 is 9.47 Å². The van der Waals surface area contributed by atoms with Crippen LogP contribution < -0.4 is 0 Å². The molecule has 0 fully saturated rings. The highest BCUT2D eigenvalue weighted by Gasteiger charge is 2.29. The fraction of sp³-hybridized carbons (Fsp3) is 0.720. The van der Waals surface area contributed by atoms with Crippen LogP contribution in [0.15, 0.2) is 54.4 Å². The van der Waals surface area contributed by atoms with Gasteiger partial charge in [0, 0.05) is 18.0 Å².